The van der Waals surface area contributed by atoms with Crippen LogP contribution in [-0.2, 0) is 6.54 Å². The van der Waals surface area contributed by atoms with Crippen LogP contribution in [0.25, 0.3) is 5.69 Å². The number of hydrogen-bond acceptors (Lipinski definition) is 4. The summed E-state index contributed by atoms with van der Waals surface area (Å²) in [5, 5.41) is 0. The quantitative estimate of drug-likeness (QED) is 0.252. The highest BCUT2D eigenvalue weighted by atomic mass is 28.4. The molecule has 0 bridgehead atoms. The van der Waals surface area contributed by atoms with Crippen molar-refractivity contribution in [3.63, 3.8) is 0 Å². The Bertz CT molecular complexity index is 1550. The molecule has 7 nitrogen and oxygen atoms in total. The van der Waals surface area contributed by atoms with Gasteiger partial charge in [0.1, 0.15) is 23.1 Å². The van der Waals surface area contributed by atoms with E-state index in [4.69, 9.17) is 9.16 Å². The molecule has 3 heterocycles. The maximum absolute atomic E-state index is 14.0. The van der Waals surface area contributed by atoms with Gasteiger partial charge in [-0.15, -0.1) is 0 Å². The Kier molecular flexibility index (Phi) is 6.52. The van der Waals surface area contributed by atoms with Crippen molar-refractivity contribution in [3.8, 4) is 17.2 Å². The number of aromatic nitrogens is 3. The lowest BCUT2D eigenvalue weighted by Gasteiger charge is -2.45. The van der Waals surface area contributed by atoms with Crippen molar-refractivity contribution >= 4 is 8.32 Å². The van der Waals surface area contributed by atoms with E-state index in [9.17, 15) is 9.59 Å². The fourth-order valence-corrected chi connectivity index (χ4v) is 13.2. The number of hydrogen-bond donors (Lipinski definition) is 0. The highest BCUT2D eigenvalue weighted by Gasteiger charge is 2.51. The summed E-state index contributed by atoms with van der Waals surface area (Å²) in [6.45, 7) is 14.1. The fourth-order valence-electron chi connectivity index (χ4n) is 7.93. The molecule has 0 radical (unpaired) electrons. The van der Waals surface area contributed by atoms with Crippen molar-refractivity contribution < 1.29 is 9.16 Å². The molecule has 0 amide bonds. The zero-order chi connectivity index (χ0) is 28.4. The van der Waals surface area contributed by atoms with Gasteiger partial charge in [-0.05, 0) is 66.6 Å². The second-order valence-electron chi connectivity index (χ2n) is 12.6. The molecule has 2 aliphatic heterocycles. The first-order valence-electron chi connectivity index (χ1n) is 14.8. The molecule has 1 spiro atoms. The minimum atomic E-state index is -2.17. The summed E-state index contributed by atoms with van der Waals surface area (Å²) in [4.78, 5) is 27.6. The normalized spacial score (nSPS) is 19.4. The highest BCUT2D eigenvalue weighted by Crippen LogP contribution is 2.53. The summed E-state index contributed by atoms with van der Waals surface area (Å²) in [6, 6.07) is 14.9. The van der Waals surface area contributed by atoms with Crippen molar-refractivity contribution in [1.29, 1.82) is 0 Å². The minimum Gasteiger partial charge on any atom is -0.543 e. The van der Waals surface area contributed by atoms with E-state index in [0.717, 1.165) is 48.3 Å². The molecule has 212 valence electrons. The minimum absolute atomic E-state index is 0.318. The molecule has 1 saturated carbocycles. The van der Waals surface area contributed by atoms with E-state index in [-0.39, 0.29) is 11.4 Å². The van der Waals surface area contributed by atoms with Crippen LogP contribution in [0.3, 0.4) is 0 Å². The molecule has 1 unspecified atom stereocenters. The van der Waals surface area contributed by atoms with Crippen LogP contribution in [0, 0.1) is 0 Å². The van der Waals surface area contributed by atoms with Crippen LogP contribution in [0.1, 0.15) is 78.8 Å². The Morgan fingerprint density at radius 1 is 0.900 bits per heavy atom. The van der Waals surface area contributed by atoms with E-state index < -0.39 is 20.0 Å². The Balaban J connectivity index is 1.51. The molecule has 1 atom stereocenters. The smallest absolute Gasteiger partial charge is 0.352 e. The van der Waals surface area contributed by atoms with Gasteiger partial charge in [0.2, 0.25) is 0 Å². The van der Waals surface area contributed by atoms with Crippen LogP contribution in [0.4, 0.5) is 0 Å². The molecular formula is C32H41N3O4Si. The van der Waals surface area contributed by atoms with Crippen LogP contribution in [-0.4, -0.2) is 27.8 Å². The first-order chi connectivity index (χ1) is 19.1. The van der Waals surface area contributed by atoms with Crippen LogP contribution >= 0.6 is 0 Å². The third-order valence-electron chi connectivity index (χ3n) is 9.62. The maximum atomic E-state index is 14.0. The molecule has 8 heteroatoms. The molecule has 3 aliphatic rings. The number of nitrogens with zero attached hydrogens (tertiary/aromatic N) is 3. The van der Waals surface area contributed by atoms with Gasteiger partial charge in [0.15, 0.2) is 0 Å². The molecule has 3 aromatic rings. The lowest BCUT2D eigenvalue weighted by Crippen LogP contribution is -2.51. The van der Waals surface area contributed by atoms with Crippen LogP contribution in [0.15, 0.2) is 69.8 Å². The number of para-hydroxylation sites is 1. The van der Waals surface area contributed by atoms with Crippen LogP contribution in [0.5, 0.6) is 11.5 Å². The van der Waals surface area contributed by atoms with Gasteiger partial charge < -0.3 is 9.16 Å². The monoisotopic (exact) mass is 559 g/mol. The van der Waals surface area contributed by atoms with Crippen molar-refractivity contribution in [3.05, 3.63) is 86.7 Å². The standard InChI is InChI=1S/C32H41N3O4Si/c1-21(2)40(22(3)4,23(5)6)39-25-14-15-26-28(20-25)38-32(17-10-11-18-32)27-16-19-33-30(36)34(24-12-8-7-9-13-24)31(37)35(33)29(26)27/h7-9,12-16,20-23,29H,10-11,17-19H2,1-6H3. The van der Waals surface area contributed by atoms with E-state index in [1.165, 1.54) is 4.57 Å². The van der Waals surface area contributed by atoms with Crippen LogP contribution < -0.4 is 20.5 Å². The molecule has 0 saturated heterocycles. The van der Waals surface area contributed by atoms with E-state index in [1.807, 2.05) is 24.3 Å². The van der Waals surface area contributed by atoms with Gasteiger partial charge in [-0.3, -0.25) is 0 Å². The number of benzene rings is 2. The molecule has 1 aliphatic carbocycles. The lowest BCUT2D eigenvalue weighted by atomic mass is 9.79. The van der Waals surface area contributed by atoms with Gasteiger partial charge in [0.05, 0.1) is 12.2 Å². The summed E-state index contributed by atoms with van der Waals surface area (Å²) in [7, 11) is -2.17. The van der Waals surface area contributed by atoms with Gasteiger partial charge in [-0.25, -0.2) is 23.5 Å². The fraction of sp³-hybridized carbons (Fsp3) is 0.500. The van der Waals surface area contributed by atoms with E-state index >= 15 is 0 Å². The average Bonchev–Trinajstić information content (AvgIpc) is 3.49. The SMILES string of the molecule is CC(C)[Si](Oc1ccc2c(c1)OC1(CCCC1)C1=CCn3c(=O)n(-c4ccccc4)c(=O)n3C12)(C(C)C)C(C)C. The summed E-state index contributed by atoms with van der Waals surface area (Å²) in [5.74, 6) is 1.60. The summed E-state index contributed by atoms with van der Waals surface area (Å²) in [6.07, 6.45) is 6.09. The van der Waals surface area contributed by atoms with Crippen molar-refractivity contribution in [2.24, 2.45) is 0 Å². The molecule has 0 N–H and O–H groups in total. The first kappa shape index (κ1) is 26.9. The molecular weight excluding hydrogens is 518 g/mol. The predicted molar refractivity (Wildman–Crippen MR) is 160 cm³/mol. The van der Waals surface area contributed by atoms with Gasteiger partial charge in [-0.1, -0.05) is 65.8 Å². The number of fused-ring (bicyclic) bond motifs is 6. The highest BCUT2D eigenvalue weighted by molar-refractivity contribution is 6.78. The Labute approximate surface area is 237 Å². The predicted octanol–water partition coefficient (Wildman–Crippen LogP) is 6.59. The maximum Gasteiger partial charge on any atom is 0.352 e. The van der Waals surface area contributed by atoms with Crippen molar-refractivity contribution in [2.45, 2.75) is 102 Å². The molecule has 1 aromatic heterocycles. The van der Waals surface area contributed by atoms with Gasteiger partial charge in [0.25, 0.3) is 8.32 Å². The molecule has 40 heavy (non-hydrogen) atoms. The van der Waals surface area contributed by atoms with Crippen LogP contribution in [0.2, 0.25) is 16.6 Å². The lowest BCUT2D eigenvalue weighted by molar-refractivity contribution is 0.0831. The second kappa shape index (κ2) is 9.68. The average molecular weight is 560 g/mol. The van der Waals surface area contributed by atoms with Gasteiger partial charge >= 0.3 is 11.4 Å². The molecule has 6 rings (SSSR count). The van der Waals surface area contributed by atoms with Crippen molar-refractivity contribution in [2.75, 3.05) is 0 Å². The van der Waals surface area contributed by atoms with Gasteiger partial charge in [-0.2, -0.15) is 0 Å². The largest absolute Gasteiger partial charge is 0.543 e. The zero-order valence-corrected chi connectivity index (χ0v) is 25.5. The number of ether oxygens (including phenoxy) is 1. The third-order valence-corrected chi connectivity index (χ3v) is 15.6. The topological polar surface area (TPSA) is 67.4 Å². The van der Waals surface area contributed by atoms with E-state index in [2.05, 4.69) is 59.8 Å². The summed E-state index contributed by atoms with van der Waals surface area (Å²) in [5.41, 5.74) is 2.83. The third kappa shape index (κ3) is 3.82. The second-order valence-corrected chi connectivity index (χ2v) is 18.0. The van der Waals surface area contributed by atoms with Gasteiger partial charge in [0, 0.05) is 17.2 Å². The Hall–Kier alpha value is -3.26. The first-order valence-corrected chi connectivity index (χ1v) is 17.0. The van der Waals surface area contributed by atoms with E-state index in [1.54, 1.807) is 21.5 Å². The Morgan fingerprint density at radius 3 is 2.17 bits per heavy atom. The summed E-state index contributed by atoms with van der Waals surface area (Å²) >= 11 is 0. The molecule has 1 fully saturated rings. The summed E-state index contributed by atoms with van der Waals surface area (Å²) < 4.78 is 18.5. The zero-order valence-electron chi connectivity index (χ0n) is 24.5. The number of allylic oxidation sites excluding steroid dienone is 1. The van der Waals surface area contributed by atoms with E-state index in [0.29, 0.717) is 28.9 Å². The number of rotatable bonds is 6. The Morgan fingerprint density at radius 2 is 1.55 bits per heavy atom. The molecule has 2 aromatic carbocycles. The van der Waals surface area contributed by atoms with Crippen molar-refractivity contribution in [1.82, 2.24) is 13.9 Å².